The van der Waals surface area contributed by atoms with Crippen LogP contribution in [-0.4, -0.2) is 55.6 Å². The zero-order valence-corrected chi connectivity index (χ0v) is 4.67. The van der Waals surface area contributed by atoms with Crippen molar-refractivity contribution in [2.24, 2.45) is 0 Å². The van der Waals surface area contributed by atoms with E-state index in [1.54, 1.807) is 0 Å². The Morgan fingerprint density at radius 2 is 1.00 bits per heavy atom. The van der Waals surface area contributed by atoms with Crippen LogP contribution in [0, 0.1) is 0 Å². The van der Waals surface area contributed by atoms with Gasteiger partial charge in [0.2, 0.25) is 0 Å². The fraction of sp³-hybridized carbons (Fsp3) is 1.00. The summed E-state index contributed by atoms with van der Waals surface area (Å²) in [6, 6.07) is 0. The number of hydrogen-bond donors (Lipinski definition) is 0. The van der Waals surface area contributed by atoms with E-state index in [-0.39, 0.29) is 42.0 Å². The molecule has 0 unspecified atom stereocenters. The summed E-state index contributed by atoms with van der Waals surface area (Å²) in [4.78, 5) is 2.00. The van der Waals surface area contributed by atoms with E-state index in [0.717, 1.165) is 0 Å². The van der Waals surface area contributed by atoms with E-state index in [1.165, 1.54) is 0 Å². The molecule has 0 saturated heterocycles. The molecule has 0 aromatic heterocycles. The van der Waals surface area contributed by atoms with E-state index in [0.29, 0.717) is 0 Å². The molecule has 0 heterocycles. The molecule has 0 N–H and O–H groups in total. The van der Waals surface area contributed by atoms with Gasteiger partial charge in [-0.2, -0.15) is 0 Å². The van der Waals surface area contributed by atoms with Gasteiger partial charge in [-0.1, -0.05) is 0 Å². The first-order valence-electron chi connectivity index (χ1n) is 1.34. The molecule has 0 spiro atoms. The average molecular weight is 120 g/mol. The van der Waals surface area contributed by atoms with Gasteiger partial charge < -0.3 is 4.90 Å². The second-order valence-electron chi connectivity index (χ2n) is 1.34. The number of rotatable bonds is 0. The molecule has 0 atom stereocenters. The minimum atomic E-state index is 0. The van der Waals surface area contributed by atoms with E-state index >= 15 is 0 Å². The Hall–Kier alpha value is 1.25. The van der Waals surface area contributed by atoms with Crippen LogP contribution in [0.4, 0.5) is 0 Å². The average Bonchev–Trinajstić information content (AvgIpc) is 0.811. The molecule has 0 amide bonds. The predicted octanol–water partition coefficient (Wildman–Crippen LogP) is -0.0489. The van der Waals surface area contributed by atoms with Crippen LogP contribution in [0.2, 0.25) is 0 Å². The van der Waals surface area contributed by atoms with Crippen LogP contribution in [0.15, 0.2) is 0 Å². The van der Waals surface area contributed by atoms with Crippen LogP contribution in [0.25, 0.3) is 0 Å². The summed E-state index contributed by atoms with van der Waals surface area (Å²) in [6.07, 6.45) is 0. The topological polar surface area (TPSA) is 3.24 Å². The first-order valence-corrected chi connectivity index (χ1v) is 1.34. The molecule has 0 rings (SSSR count). The number of nitrogens with zero attached hydrogens (tertiary/aromatic N) is 1. The van der Waals surface area contributed by atoms with Gasteiger partial charge in [0.15, 0.2) is 0 Å². The standard InChI is InChI=1S/C3H9N.ClH.Na.H/c1-4(2)3;;;/h1-3H3;1H;;. The molecule has 0 aromatic carbocycles. The maximum atomic E-state index is 2.00. The molecule has 0 aromatic rings. The Bertz CT molecular complexity index is 15.5. The summed E-state index contributed by atoms with van der Waals surface area (Å²) in [5.74, 6) is 0. The molecule has 0 aliphatic heterocycles. The molecule has 0 fully saturated rings. The molecule has 36 valence electrons. The van der Waals surface area contributed by atoms with Crippen LogP contribution in [0.3, 0.4) is 0 Å². The maximum absolute atomic E-state index is 2.00. The molecule has 1 nitrogen and oxygen atoms in total. The van der Waals surface area contributed by atoms with Crippen molar-refractivity contribution in [2.75, 3.05) is 21.1 Å². The minimum absolute atomic E-state index is 0. The molecule has 0 aliphatic carbocycles. The molecule has 3 heteroatoms. The van der Waals surface area contributed by atoms with Crippen molar-refractivity contribution in [3.63, 3.8) is 0 Å². The van der Waals surface area contributed by atoms with Crippen LogP contribution in [0.5, 0.6) is 0 Å². The summed E-state index contributed by atoms with van der Waals surface area (Å²) in [5, 5.41) is 0. The van der Waals surface area contributed by atoms with Crippen molar-refractivity contribution >= 4 is 42.0 Å². The van der Waals surface area contributed by atoms with Crippen molar-refractivity contribution in [1.82, 2.24) is 4.90 Å². The fourth-order valence-corrected chi connectivity index (χ4v) is 0. The first-order chi connectivity index (χ1) is 1.73. The van der Waals surface area contributed by atoms with Gasteiger partial charge in [0.25, 0.3) is 0 Å². The first kappa shape index (κ1) is 15.7. The quantitative estimate of drug-likeness (QED) is 0.404. The molecule has 0 radical (unpaired) electrons. The number of halogens is 1. The van der Waals surface area contributed by atoms with Crippen LogP contribution >= 0.6 is 12.4 Å². The van der Waals surface area contributed by atoms with E-state index in [9.17, 15) is 0 Å². The Kier molecular flexibility index (Phi) is 24.9. The Morgan fingerprint density at radius 3 is 1.00 bits per heavy atom. The Balaban J connectivity index is -0.0000000450. The van der Waals surface area contributed by atoms with Crippen molar-refractivity contribution < 1.29 is 0 Å². The third-order valence-electron chi connectivity index (χ3n) is 0. The van der Waals surface area contributed by atoms with E-state index < -0.39 is 0 Å². The van der Waals surface area contributed by atoms with Crippen LogP contribution in [-0.2, 0) is 0 Å². The molecule has 0 aliphatic rings. The summed E-state index contributed by atoms with van der Waals surface area (Å²) in [6.45, 7) is 0. The van der Waals surface area contributed by atoms with Crippen molar-refractivity contribution in [3.8, 4) is 0 Å². The van der Waals surface area contributed by atoms with E-state index in [1.807, 2.05) is 26.0 Å². The second-order valence-corrected chi connectivity index (χ2v) is 1.34. The zero-order chi connectivity index (χ0) is 3.58. The van der Waals surface area contributed by atoms with Crippen molar-refractivity contribution in [1.29, 1.82) is 0 Å². The summed E-state index contributed by atoms with van der Waals surface area (Å²) < 4.78 is 0. The van der Waals surface area contributed by atoms with Gasteiger partial charge in [-0.25, -0.2) is 0 Å². The van der Waals surface area contributed by atoms with Gasteiger partial charge in [-0.15, -0.1) is 12.4 Å². The van der Waals surface area contributed by atoms with Crippen LogP contribution in [0.1, 0.15) is 0 Å². The SMILES string of the molecule is CN(C)C.Cl.[NaH]. The Labute approximate surface area is 67.8 Å². The summed E-state index contributed by atoms with van der Waals surface area (Å²) in [5.41, 5.74) is 0. The second kappa shape index (κ2) is 9.54. The monoisotopic (exact) mass is 119 g/mol. The van der Waals surface area contributed by atoms with E-state index in [4.69, 9.17) is 0 Å². The van der Waals surface area contributed by atoms with Gasteiger partial charge >= 0.3 is 29.6 Å². The van der Waals surface area contributed by atoms with Gasteiger partial charge in [-0.05, 0) is 21.1 Å². The van der Waals surface area contributed by atoms with Gasteiger partial charge in [-0.3, -0.25) is 0 Å². The molecular weight excluding hydrogens is 108 g/mol. The van der Waals surface area contributed by atoms with E-state index in [2.05, 4.69) is 0 Å². The van der Waals surface area contributed by atoms with Crippen molar-refractivity contribution in [3.05, 3.63) is 0 Å². The molecular formula is C3H11ClNNa. The fourth-order valence-electron chi connectivity index (χ4n) is 0. The Morgan fingerprint density at radius 1 is 1.00 bits per heavy atom. The third kappa shape index (κ3) is 60.7. The van der Waals surface area contributed by atoms with Crippen molar-refractivity contribution in [2.45, 2.75) is 0 Å². The normalized spacial score (nSPS) is 6.00. The van der Waals surface area contributed by atoms with Crippen LogP contribution < -0.4 is 0 Å². The summed E-state index contributed by atoms with van der Waals surface area (Å²) in [7, 11) is 6.00. The zero-order valence-electron chi connectivity index (χ0n) is 3.86. The molecule has 0 saturated carbocycles. The van der Waals surface area contributed by atoms with Gasteiger partial charge in [0.05, 0.1) is 0 Å². The molecule has 6 heavy (non-hydrogen) atoms. The third-order valence-corrected chi connectivity index (χ3v) is 0. The molecule has 0 bridgehead atoms. The van der Waals surface area contributed by atoms with Gasteiger partial charge in [0, 0.05) is 0 Å². The predicted molar refractivity (Wildman–Crippen MR) is 34.0 cm³/mol. The van der Waals surface area contributed by atoms with Gasteiger partial charge in [0.1, 0.15) is 0 Å². The summed E-state index contributed by atoms with van der Waals surface area (Å²) >= 11 is 0. The number of hydrogen-bond acceptors (Lipinski definition) is 1.